The molecule has 0 radical (unpaired) electrons. The van der Waals surface area contributed by atoms with Crippen LogP contribution in [0.25, 0.3) is 0 Å². The summed E-state index contributed by atoms with van der Waals surface area (Å²) >= 11 is 3.57. The molecule has 2 nitrogen and oxygen atoms in total. The number of halogens is 1. The second kappa shape index (κ2) is 5.45. The van der Waals surface area contributed by atoms with Crippen molar-refractivity contribution in [1.82, 2.24) is 0 Å². The van der Waals surface area contributed by atoms with Gasteiger partial charge in [-0.3, -0.25) is 0 Å². The molecule has 3 rings (SSSR count). The van der Waals surface area contributed by atoms with Gasteiger partial charge in [-0.05, 0) is 49.8 Å². The third-order valence-corrected chi connectivity index (χ3v) is 4.89. The Bertz CT molecular complexity index is 450. The van der Waals surface area contributed by atoms with Crippen molar-refractivity contribution >= 4 is 15.9 Å². The zero-order chi connectivity index (χ0) is 13.3. The Morgan fingerprint density at radius 1 is 1.21 bits per heavy atom. The first-order valence-electron chi connectivity index (χ1n) is 7.39. The maximum Gasteiger partial charge on any atom is 0.124 e. The molecule has 3 heteroatoms. The molecule has 0 spiro atoms. The topological polar surface area (TPSA) is 35.2 Å². The molecule has 2 saturated carbocycles. The van der Waals surface area contributed by atoms with Gasteiger partial charge in [-0.1, -0.05) is 35.2 Å². The lowest BCUT2D eigenvalue weighted by atomic mass is 9.77. The number of ether oxygens (including phenoxy) is 1. The van der Waals surface area contributed by atoms with Crippen LogP contribution in [0, 0.1) is 5.92 Å². The smallest absolute Gasteiger partial charge is 0.124 e. The third-order valence-electron chi connectivity index (χ3n) is 4.40. The van der Waals surface area contributed by atoms with E-state index in [4.69, 9.17) is 10.5 Å². The molecule has 0 aromatic heterocycles. The van der Waals surface area contributed by atoms with E-state index in [9.17, 15) is 0 Å². The van der Waals surface area contributed by atoms with E-state index >= 15 is 0 Å². The molecule has 2 aliphatic rings. The van der Waals surface area contributed by atoms with E-state index in [-0.39, 0.29) is 5.54 Å². The highest BCUT2D eigenvalue weighted by atomic mass is 79.9. The molecule has 19 heavy (non-hydrogen) atoms. The molecule has 1 aromatic rings. The fourth-order valence-electron chi connectivity index (χ4n) is 2.96. The monoisotopic (exact) mass is 323 g/mol. The van der Waals surface area contributed by atoms with Crippen molar-refractivity contribution in [3.8, 4) is 5.75 Å². The summed E-state index contributed by atoms with van der Waals surface area (Å²) in [5.74, 6) is 1.77. The van der Waals surface area contributed by atoms with Crippen LogP contribution >= 0.6 is 15.9 Å². The Morgan fingerprint density at radius 3 is 2.63 bits per heavy atom. The minimum absolute atomic E-state index is 0.194. The van der Waals surface area contributed by atoms with Crippen LogP contribution in [0.1, 0.15) is 50.5 Å². The number of hydrogen-bond donors (Lipinski definition) is 1. The normalized spacial score (nSPS) is 22.2. The van der Waals surface area contributed by atoms with Crippen molar-refractivity contribution in [3.63, 3.8) is 0 Å². The Kier molecular flexibility index (Phi) is 3.86. The summed E-state index contributed by atoms with van der Waals surface area (Å²) < 4.78 is 7.13. The van der Waals surface area contributed by atoms with Gasteiger partial charge in [0.2, 0.25) is 0 Å². The Morgan fingerprint density at radius 2 is 1.95 bits per heavy atom. The van der Waals surface area contributed by atoms with Gasteiger partial charge < -0.3 is 10.5 Å². The van der Waals surface area contributed by atoms with Gasteiger partial charge in [0, 0.05) is 15.6 Å². The van der Waals surface area contributed by atoms with E-state index in [1.807, 2.05) is 0 Å². The van der Waals surface area contributed by atoms with Crippen molar-refractivity contribution in [2.75, 3.05) is 6.61 Å². The maximum absolute atomic E-state index is 6.67. The first kappa shape index (κ1) is 13.4. The molecule has 0 atom stereocenters. The van der Waals surface area contributed by atoms with Gasteiger partial charge in [0.25, 0.3) is 0 Å². The van der Waals surface area contributed by atoms with E-state index in [0.717, 1.165) is 35.6 Å². The summed E-state index contributed by atoms with van der Waals surface area (Å²) in [5.41, 5.74) is 7.67. The molecule has 2 N–H and O–H groups in total. The van der Waals surface area contributed by atoms with Gasteiger partial charge in [-0.2, -0.15) is 0 Å². The summed E-state index contributed by atoms with van der Waals surface area (Å²) in [6, 6.07) is 6.29. The fourth-order valence-corrected chi connectivity index (χ4v) is 3.32. The number of benzene rings is 1. The SMILES string of the molecule is NC1(c2cc(Br)ccc2OCC2CC2)CCCCC1. The van der Waals surface area contributed by atoms with Crippen LogP contribution in [-0.4, -0.2) is 6.61 Å². The summed E-state index contributed by atoms with van der Waals surface area (Å²) in [7, 11) is 0. The van der Waals surface area contributed by atoms with Crippen LogP contribution in [0.5, 0.6) is 5.75 Å². The molecule has 1 aromatic carbocycles. The van der Waals surface area contributed by atoms with E-state index in [1.165, 1.54) is 37.7 Å². The van der Waals surface area contributed by atoms with Gasteiger partial charge >= 0.3 is 0 Å². The van der Waals surface area contributed by atoms with Crippen LogP contribution in [0.4, 0.5) is 0 Å². The highest BCUT2D eigenvalue weighted by molar-refractivity contribution is 9.10. The molecule has 0 saturated heterocycles. The van der Waals surface area contributed by atoms with Crippen LogP contribution < -0.4 is 10.5 Å². The first-order chi connectivity index (χ1) is 9.17. The van der Waals surface area contributed by atoms with Crippen LogP contribution in [-0.2, 0) is 5.54 Å². The molecule has 2 aliphatic carbocycles. The molecule has 0 aliphatic heterocycles. The van der Waals surface area contributed by atoms with Crippen molar-refractivity contribution in [3.05, 3.63) is 28.2 Å². The third kappa shape index (κ3) is 3.14. The largest absolute Gasteiger partial charge is 0.493 e. The lowest BCUT2D eigenvalue weighted by Crippen LogP contribution is -2.39. The minimum Gasteiger partial charge on any atom is -0.493 e. The lowest BCUT2D eigenvalue weighted by molar-refractivity contribution is 0.263. The molecule has 0 unspecified atom stereocenters. The highest BCUT2D eigenvalue weighted by Crippen LogP contribution is 2.41. The van der Waals surface area contributed by atoms with Crippen molar-refractivity contribution in [1.29, 1.82) is 0 Å². The molecule has 2 fully saturated rings. The lowest BCUT2D eigenvalue weighted by Gasteiger charge is -2.35. The van der Waals surface area contributed by atoms with E-state index in [1.54, 1.807) is 0 Å². The van der Waals surface area contributed by atoms with Crippen LogP contribution in [0.15, 0.2) is 22.7 Å². The van der Waals surface area contributed by atoms with Crippen LogP contribution in [0.2, 0.25) is 0 Å². The minimum atomic E-state index is -0.194. The van der Waals surface area contributed by atoms with E-state index in [2.05, 4.69) is 34.1 Å². The Hall–Kier alpha value is -0.540. The Labute approximate surface area is 123 Å². The zero-order valence-corrected chi connectivity index (χ0v) is 12.9. The number of nitrogens with two attached hydrogens (primary N) is 1. The average molecular weight is 324 g/mol. The van der Waals surface area contributed by atoms with Gasteiger partial charge in [0.15, 0.2) is 0 Å². The van der Waals surface area contributed by atoms with Gasteiger partial charge in [0.05, 0.1) is 6.61 Å². The second-order valence-electron chi connectivity index (χ2n) is 6.11. The average Bonchev–Trinajstić information content (AvgIpc) is 3.22. The standard InChI is InChI=1S/C16H22BrNO/c17-13-6-7-15(19-11-12-4-5-12)14(10-13)16(18)8-2-1-3-9-16/h6-7,10,12H,1-5,8-9,11,18H2. The Balaban J connectivity index is 1.85. The number of hydrogen-bond acceptors (Lipinski definition) is 2. The zero-order valence-electron chi connectivity index (χ0n) is 11.3. The maximum atomic E-state index is 6.67. The molecule has 0 amide bonds. The van der Waals surface area contributed by atoms with Crippen LogP contribution in [0.3, 0.4) is 0 Å². The molecular weight excluding hydrogens is 302 g/mol. The summed E-state index contributed by atoms with van der Waals surface area (Å²) in [5, 5.41) is 0. The second-order valence-corrected chi connectivity index (χ2v) is 7.03. The molecule has 0 heterocycles. The summed E-state index contributed by atoms with van der Waals surface area (Å²) in [6.45, 7) is 0.852. The summed E-state index contributed by atoms with van der Waals surface area (Å²) in [6.07, 6.45) is 8.55. The highest BCUT2D eigenvalue weighted by Gasteiger charge is 2.33. The van der Waals surface area contributed by atoms with Gasteiger partial charge in [-0.25, -0.2) is 0 Å². The predicted octanol–water partition coefficient (Wildman–Crippen LogP) is 4.36. The van der Waals surface area contributed by atoms with Crippen molar-refractivity contribution in [2.24, 2.45) is 11.7 Å². The number of rotatable bonds is 4. The molecule has 0 bridgehead atoms. The van der Waals surface area contributed by atoms with Crippen molar-refractivity contribution in [2.45, 2.75) is 50.5 Å². The summed E-state index contributed by atoms with van der Waals surface area (Å²) in [4.78, 5) is 0. The first-order valence-corrected chi connectivity index (χ1v) is 8.18. The fraction of sp³-hybridized carbons (Fsp3) is 0.625. The van der Waals surface area contributed by atoms with E-state index in [0.29, 0.717) is 0 Å². The van der Waals surface area contributed by atoms with Crippen molar-refractivity contribution < 1.29 is 4.74 Å². The van der Waals surface area contributed by atoms with Gasteiger partial charge in [0.1, 0.15) is 5.75 Å². The quantitative estimate of drug-likeness (QED) is 0.893. The predicted molar refractivity (Wildman–Crippen MR) is 81.3 cm³/mol. The van der Waals surface area contributed by atoms with E-state index < -0.39 is 0 Å². The molecular formula is C16H22BrNO. The molecule has 104 valence electrons. The van der Waals surface area contributed by atoms with Gasteiger partial charge in [-0.15, -0.1) is 0 Å².